The summed E-state index contributed by atoms with van der Waals surface area (Å²) in [5.74, 6) is 0.949. The molecule has 1 fully saturated rings. The zero-order valence-electron chi connectivity index (χ0n) is 2.52. The summed E-state index contributed by atoms with van der Waals surface area (Å²) in [6.07, 6.45) is 0. The maximum Gasteiger partial charge on any atom is 0.0855 e. The van der Waals surface area contributed by atoms with E-state index in [0.717, 1.165) is 10.8 Å². The molecule has 1 aliphatic rings. The summed E-state index contributed by atoms with van der Waals surface area (Å²) in [6, 6.07) is 0. The van der Waals surface area contributed by atoms with Crippen LogP contribution >= 0.6 is 21.6 Å². The molecule has 1 aliphatic heterocycles. The summed E-state index contributed by atoms with van der Waals surface area (Å²) < 4.78 is 0. The Balaban J connectivity index is 2.32. The first-order valence-electron chi connectivity index (χ1n) is 1.26. The van der Waals surface area contributed by atoms with E-state index in [1.54, 1.807) is 21.6 Å². The van der Waals surface area contributed by atoms with Crippen LogP contribution in [0.1, 0.15) is 0 Å². The van der Waals surface area contributed by atoms with Gasteiger partial charge in [-0.2, -0.15) is 0 Å². The minimum atomic E-state index is 0.815. The molecule has 0 unspecified atom stereocenters. The van der Waals surface area contributed by atoms with Gasteiger partial charge in [0, 0.05) is 0 Å². The number of hydrogen-bond donors (Lipinski definition) is 1. The Hall–Kier alpha value is 0.370. The van der Waals surface area contributed by atoms with Crippen LogP contribution in [-0.4, -0.2) is 10.8 Å². The first-order valence-corrected chi connectivity index (χ1v) is 3.58. The van der Waals surface area contributed by atoms with Crippen molar-refractivity contribution < 1.29 is 0 Å². The second-order valence-corrected chi connectivity index (χ2v) is 3.16. The maximum absolute atomic E-state index is 6.77. The van der Waals surface area contributed by atoms with Crippen LogP contribution in [0.15, 0.2) is 0 Å². The molecule has 0 aliphatic carbocycles. The topological polar surface area (TPSA) is 23.9 Å². The van der Waals surface area contributed by atoms with Gasteiger partial charge < -0.3 is 0 Å². The van der Waals surface area contributed by atoms with E-state index in [-0.39, 0.29) is 0 Å². The van der Waals surface area contributed by atoms with Gasteiger partial charge in [-0.25, -0.2) is 0 Å². The standard InChI is InChI=1S/C2H3NS2/c3-2-1-4-5-2/h3H,1H2. The van der Waals surface area contributed by atoms with Crippen LogP contribution < -0.4 is 0 Å². The van der Waals surface area contributed by atoms with Gasteiger partial charge in [0.1, 0.15) is 0 Å². The van der Waals surface area contributed by atoms with Gasteiger partial charge in [-0.1, -0.05) is 10.8 Å². The van der Waals surface area contributed by atoms with E-state index in [1.807, 2.05) is 0 Å². The van der Waals surface area contributed by atoms with Crippen LogP contribution in [0.4, 0.5) is 0 Å². The summed E-state index contributed by atoms with van der Waals surface area (Å²) in [5.41, 5.74) is 0. The molecule has 1 nitrogen and oxygen atoms in total. The van der Waals surface area contributed by atoms with Crippen LogP contribution in [0.2, 0.25) is 0 Å². The average molecular weight is 105 g/mol. The van der Waals surface area contributed by atoms with Crippen molar-refractivity contribution in [1.29, 1.82) is 5.41 Å². The molecule has 28 valence electrons. The van der Waals surface area contributed by atoms with Gasteiger partial charge in [0.25, 0.3) is 0 Å². The summed E-state index contributed by atoms with van der Waals surface area (Å²) >= 11 is 0. The second-order valence-electron chi connectivity index (χ2n) is 0.769. The van der Waals surface area contributed by atoms with E-state index < -0.39 is 0 Å². The molecule has 1 heterocycles. The van der Waals surface area contributed by atoms with Crippen molar-refractivity contribution in [3.05, 3.63) is 0 Å². The molecule has 0 saturated carbocycles. The quantitative estimate of drug-likeness (QED) is 0.470. The molecule has 0 radical (unpaired) electrons. The van der Waals surface area contributed by atoms with Crippen molar-refractivity contribution in [2.45, 2.75) is 0 Å². The van der Waals surface area contributed by atoms with E-state index in [9.17, 15) is 0 Å². The highest BCUT2D eigenvalue weighted by atomic mass is 33.1. The monoisotopic (exact) mass is 105 g/mol. The normalized spacial score (nSPS) is 22.0. The third-order valence-corrected chi connectivity index (χ3v) is 2.71. The lowest BCUT2D eigenvalue weighted by molar-refractivity contribution is 1.54. The summed E-state index contributed by atoms with van der Waals surface area (Å²) in [5, 5.41) is 7.59. The number of hydrogen-bond acceptors (Lipinski definition) is 3. The van der Waals surface area contributed by atoms with Gasteiger partial charge in [0.15, 0.2) is 0 Å². The predicted octanol–water partition coefficient (Wildman–Crippen LogP) is 1.36. The summed E-state index contributed by atoms with van der Waals surface area (Å²) in [6.45, 7) is 0. The summed E-state index contributed by atoms with van der Waals surface area (Å²) in [4.78, 5) is 0. The molecule has 1 N–H and O–H groups in total. The molecular weight excluding hydrogens is 102 g/mol. The molecule has 1 rings (SSSR count). The third kappa shape index (κ3) is 0.605. The van der Waals surface area contributed by atoms with Crippen molar-refractivity contribution in [3.8, 4) is 0 Å². The molecule has 3 heteroatoms. The minimum Gasteiger partial charge on any atom is -0.297 e. The fraction of sp³-hybridized carbons (Fsp3) is 0.500. The molecule has 1 saturated heterocycles. The van der Waals surface area contributed by atoms with Crippen LogP contribution in [0.25, 0.3) is 0 Å². The van der Waals surface area contributed by atoms with E-state index in [4.69, 9.17) is 5.41 Å². The van der Waals surface area contributed by atoms with Crippen LogP contribution in [-0.2, 0) is 0 Å². The third-order valence-electron chi connectivity index (χ3n) is 0.350. The second kappa shape index (κ2) is 1.22. The number of rotatable bonds is 0. The zero-order chi connectivity index (χ0) is 3.70. The number of nitrogens with one attached hydrogen (secondary N) is 1. The Morgan fingerprint density at radius 3 is 2.20 bits per heavy atom. The van der Waals surface area contributed by atoms with Gasteiger partial charge in [0.05, 0.1) is 10.8 Å². The van der Waals surface area contributed by atoms with E-state index in [2.05, 4.69) is 0 Å². The highest BCUT2D eigenvalue weighted by Crippen LogP contribution is 2.33. The van der Waals surface area contributed by atoms with Gasteiger partial charge in [-0.15, -0.1) is 0 Å². The Morgan fingerprint density at radius 2 is 2.20 bits per heavy atom. The van der Waals surface area contributed by atoms with E-state index >= 15 is 0 Å². The lowest BCUT2D eigenvalue weighted by atomic mass is 10.9. The lowest BCUT2D eigenvalue weighted by Crippen LogP contribution is -1.98. The molecule has 5 heavy (non-hydrogen) atoms. The van der Waals surface area contributed by atoms with Crippen LogP contribution in [0, 0.1) is 5.41 Å². The Labute approximate surface area is 38.4 Å². The van der Waals surface area contributed by atoms with Crippen molar-refractivity contribution >= 4 is 26.6 Å². The first kappa shape index (κ1) is 3.56. The predicted molar refractivity (Wildman–Crippen MR) is 27.8 cm³/mol. The van der Waals surface area contributed by atoms with Gasteiger partial charge >= 0.3 is 0 Å². The Bertz CT molecular complexity index is 54.7. The lowest BCUT2D eigenvalue weighted by Gasteiger charge is -2.07. The molecule has 0 atom stereocenters. The highest BCUT2D eigenvalue weighted by molar-refractivity contribution is 8.86. The van der Waals surface area contributed by atoms with E-state index in [0.29, 0.717) is 0 Å². The molecule has 0 bridgehead atoms. The first-order chi connectivity index (χ1) is 2.39. The van der Waals surface area contributed by atoms with Gasteiger partial charge in [-0.05, 0) is 10.8 Å². The van der Waals surface area contributed by atoms with Gasteiger partial charge in [-0.3, -0.25) is 5.41 Å². The molecule has 0 amide bonds. The maximum atomic E-state index is 6.77. The fourth-order valence-corrected chi connectivity index (χ4v) is 1.06. The van der Waals surface area contributed by atoms with Gasteiger partial charge in [0.2, 0.25) is 0 Å². The molecule has 0 aromatic carbocycles. The largest absolute Gasteiger partial charge is 0.297 e. The molecular formula is C2H3NS2. The SMILES string of the molecule is N=C1CSS1. The van der Waals surface area contributed by atoms with Crippen LogP contribution in [0.5, 0.6) is 0 Å². The van der Waals surface area contributed by atoms with Crippen molar-refractivity contribution in [3.63, 3.8) is 0 Å². The van der Waals surface area contributed by atoms with Crippen molar-refractivity contribution in [1.82, 2.24) is 0 Å². The van der Waals surface area contributed by atoms with Crippen molar-refractivity contribution in [2.75, 3.05) is 5.75 Å². The fourth-order valence-electron chi connectivity index (χ4n) is 0.118. The average Bonchev–Trinajstić information content (AvgIpc) is 1.30. The smallest absolute Gasteiger partial charge is 0.0855 e. The minimum absolute atomic E-state index is 0.815. The van der Waals surface area contributed by atoms with Crippen LogP contribution in [0.3, 0.4) is 0 Å². The van der Waals surface area contributed by atoms with Crippen molar-refractivity contribution in [2.24, 2.45) is 0 Å². The molecule has 0 aromatic rings. The Kier molecular flexibility index (Phi) is 0.870. The summed E-state index contributed by atoms with van der Waals surface area (Å²) in [7, 11) is 3.30. The Morgan fingerprint density at radius 1 is 1.80 bits per heavy atom. The van der Waals surface area contributed by atoms with E-state index in [1.165, 1.54) is 0 Å². The molecule has 0 aromatic heterocycles. The molecule has 0 spiro atoms. The highest BCUT2D eigenvalue weighted by Gasteiger charge is 2.07. The zero-order valence-corrected chi connectivity index (χ0v) is 4.16.